The van der Waals surface area contributed by atoms with Crippen LogP contribution < -0.4 is 4.74 Å². The van der Waals surface area contributed by atoms with E-state index in [-0.39, 0.29) is 12.7 Å². The largest absolute Gasteiger partial charge is 0.430 e. The van der Waals surface area contributed by atoms with Gasteiger partial charge in [-0.1, -0.05) is 12.1 Å². The minimum Gasteiger partial charge on any atom is -0.430 e. The number of hydrogen-bond donors (Lipinski definition) is 1. The van der Waals surface area contributed by atoms with Crippen molar-refractivity contribution in [2.45, 2.75) is 19.6 Å². The first-order valence-electron chi connectivity index (χ1n) is 5.47. The highest BCUT2D eigenvalue weighted by Gasteiger charge is 2.12. The van der Waals surface area contributed by atoms with E-state index in [1.54, 1.807) is 19.2 Å². The van der Waals surface area contributed by atoms with Crippen molar-refractivity contribution in [3.05, 3.63) is 35.7 Å². The fraction of sp³-hybridized carbons (Fsp3) is 0.333. The summed E-state index contributed by atoms with van der Waals surface area (Å²) in [7, 11) is 1.61. The number of nitrogens with zero attached hydrogens (tertiary/aromatic N) is 2. The van der Waals surface area contributed by atoms with E-state index in [9.17, 15) is 0 Å². The molecule has 1 heterocycles. The van der Waals surface area contributed by atoms with E-state index in [0.717, 1.165) is 5.56 Å². The number of ether oxygens (including phenoxy) is 2. The number of rotatable bonds is 5. The Hall–Kier alpha value is -1.50. The minimum atomic E-state index is -0.151. The second-order valence-electron chi connectivity index (χ2n) is 3.70. The molecule has 18 heavy (non-hydrogen) atoms. The summed E-state index contributed by atoms with van der Waals surface area (Å²) in [5.74, 6) is 1.24. The third-order valence-electron chi connectivity index (χ3n) is 2.43. The number of methoxy groups -OCH3 is 1. The normalized spacial score (nSPS) is 12.4. The lowest BCUT2D eigenvalue weighted by Crippen LogP contribution is -1.97. The van der Waals surface area contributed by atoms with Gasteiger partial charge in [-0.05, 0) is 24.6 Å². The standard InChI is InChI=1S/C12H14N2O3S/c1-8(16-2)11-13-12(18-14-11)17-10-5-3-4-9(6-10)7-15/h3-6,8,15H,7H2,1-2H3. The fourth-order valence-electron chi connectivity index (χ4n) is 1.34. The zero-order valence-corrected chi connectivity index (χ0v) is 11.0. The molecular weight excluding hydrogens is 252 g/mol. The quantitative estimate of drug-likeness (QED) is 0.901. The Kier molecular flexibility index (Phi) is 4.24. The topological polar surface area (TPSA) is 64.5 Å². The summed E-state index contributed by atoms with van der Waals surface area (Å²) in [6.45, 7) is 1.86. The molecule has 1 N–H and O–H groups in total. The molecule has 1 aromatic heterocycles. The van der Waals surface area contributed by atoms with Crippen molar-refractivity contribution in [2.24, 2.45) is 0 Å². The Bertz CT molecular complexity index is 516. The van der Waals surface area contributed by atoms with Gasteiger partial charge in [-0.2, -0.15) is 9.36 Å². The molecule has 0 aliphatic rings. The van der Waals surface area contributed by atoms with E-state index in [1.807, 2.05) is 19.1 Å². The summed E-state index contributed by atoms with van der Waals surface area (Å²) in [5.41, 5.74) is 0.794. The first-order valence-corrected chi connectivity index (χ1v) is 6.24. The summed E-state index contributed by atoms with van der Waals surface area (Å²) >= 11 is 1.18. The van der Waals surface area contributed by atoms with Crippen LogP contribution in [-0.4, -0.2) is 21.6 Å². The van der Waals surface area contributed by atoms with Crippen molar-refractivity contribution in [2.75, 3.05) is 7.11 Å². The molecule has 1 aromatic carbocycles. The lowest BCUT2D eigenvalue weighted by Gasteiger charge is -2.03. The van der Waals surface area contributed by atoms with Crippen LogP contribution >= 0.6 is 11.5 Å². The maximum Gasteiger partial charge on any atom is 0.298 e. The molecule has 0 bridgehead atoms. The minimum absolute atomic E-state index is 0.0146. The highest BCUT2D eigenvalue weighted by atomic mass is 32.1. The molecule has 0 amide bonds. The van der Waals surface area contributed by atoms with Gasteiger partial charge < -0.3 is 14.6 Å². The molecule has 0 saturated carbocycles. The van der Waals surface area contributed by atoms with Gasteiger partial charge in [0.2, 0.25) is 0 Å². The lowest BCUT2D eigenvalue weighted by molar-refractivity contribution is 0.113. The Morgan fingerprint density at radius 3 is 3.00 bits per heavy atom. The SMILES string of the molecule is COC(C)c1nsc(Oc2cccc(CO)c2)n1. The van der Waals surface area contributed by atoms with Crippen LogP contribution in [-0.2, 0) is 11.3 Å². The molecule has 2 aromatic rings. The molecule has 96 valence electrons. The van der Waals surface area contributed by atoms with Crippen molar-refractivity contribution >= 4 is 11.5 Å². The molecule has 5 nitrogen and oxygen atoms in total. The molecule has 6 heteroatoms. The van der Waals surface area contributed by atoms with Crippen LogP contribution in [0.1, 0.15) is 24.4 Å². The maximum atomic E-state index is 9.04. The second kappa shape index (κ2) is 5.90. The number of aliphatic hydroxyl groups excluding tert-OH is 1. The summed E-state index contributed by atoms with van der Waals surface area (Å²) < 4.78 is 14.9. The van der Waals surface area contributed by atoms with Crippen molar-refractivity contribution in [1.82, 2.24) is 9.36 Å². The van der Waals surface area contributed by atoms with Crippen LogP contribution in [0.3, 0.4) is 0 Å². The molecule has 0 spiro atoms. The van der Waals surface area contributed by atoms with Gasteiger partial charge in [-0.25, -0.2) is 0 Å². The molecule has 1 unspecified atom stereocenters. The number of benzene rings is 1. The highest BCUT2D eigenvalue weighted by molar-refractivity contribution is 7.07. The average Bonchev–Trinajstić information content (AvgIpc) is 2.86. The van der Waals surface area contributed by atoms with Crippen LogP contribution in [0.2, 0.25) is 0 Å². The predicted molar refractivity (Wildman–Crippen MR) is 67.8 cm³/mol. The number of aromatic nitrogens is 2. The van der Waals surface area contributed by atoms with Crippen LogP contribution in [0.15, 0.2) is 24.3 Å². The number of aliphatic hydroxyl groups is 1. The van der Waals surface area contributed by atoms with Crippen molar-refractivity contribution in [1.29, 1.82) is 0 Å². The van der Waals surface area contributed by atoms with Gasteiger partial charge in [0.25, 0.3) is 5.19 Å². The molecule has 1 atom stereocenters. The predicted octanol–water partition coefficient (Wildman–Crippen LogP) is 2.53. The first kappa shape index (κ1) is 12.9. The Labute approximate surface area is 109 Å². The summed E-state index contributed by atoms with van der Waals surface area (Å²) in [5, 5.41) is 9.50. The molecule has 0 aliphatic carbocycles. The van der Waals surface area contributed by atoms with Gasteiger partial charge in [-0.3, -0.25) is 0 Å². The van der Waals surface area contributed by atoms with Crippen LogP contribution in [0.25, 0.3) is 0 Å². The average molecular weight is 266 g/mol. The second-order valence-corrected chi connectivity index (χ2v) is 4.42. The van der Waals surface area contributed by atoms with Crippen LogP contribution in [0, 0.1) is 0 Å². The fourth-order valence-corrected chi connectivity index (χ4v) is 1.97. The van der Waals surface area contributed by atoms with Gasteiger partial charge in [0.15, 0.2) is 5.82 Å². The smallest absolute Gasteiger partial charge is 0.298 e. The van der Waals surface area contributed by atoms with E-state index >= 15 is 0 Å². The lowest BCUT2D eigenvalue weighted by atomic mass is 10.2. The molecule has 0 radical (unpaired) electrons. The third kappa shape index (κ3) is 3.04. The molecule has 0 fully saturated rings. The Morgan fingerprint density at radius 1 is 1.44 bits per heavy atom. The van der Waals surface area contributed by atoms with Gasteiger partial charge in [0.05, 0.1) is 6.61 Å². The Balaban J connectivity index is 2.11. The zero-order valence-electron chi connectivity index (χ0n) is 10.2. The summed E-state index contributed by atoms with van der Waals surface area (Å²) in [6.07, 6.45) is -0.151. The summed E-state index contributed by atoms with van der Waals surface area (Å²) in [4.78, 5) is 4.23. The van der Waals surface area contributed by atoms with E-state index in [2.05, 4.69) is 9.36 Å². The maximum absolute atomic E-state index is 9.04. The molecule has 0 saturated heterocycles. The van der Waals surface area contributed by atoms with E-state index in [1.165, 1.54) is 11.5 Å². The summed E-state index contributed by atoms with van der Waals surface area (Å²) in [6, 6.07) is 7.22. The molecular formula is C12H14N2O3S. The van der Waals surface area contributed by atoms with Crippen molar-refractivity contribution < 1.29 is 14.6 Å². The third-order valence-corrected chi connectivity index (χ3v) is 3.04. The molecule has 0 aliphatic heterocycles. The first-order chi connectivity index (χ1) is 8.72. The van der Waals surface area contributed by atoms with E-state index < -0.39 is 0 Å². The Morgan fingerprint density at radius 2 is 2.28 bits per heavy atom. The van der Waals surface area contributed by atoms with Gasteiger partial charge in [0, 0.05) is 18.6 Å². The van der Waals surface area contributed by atoms with Gasteiger partial charge >= 0.3 is 0 Å². The van der Waals surface area contributed by atoms with Gasteiger partial charge in [-0.15, -0.1) is 0 Å². The molecule has 2 rings (SSSR count). The van der Waals surface area contributed by atoms with E-state index in [0.29, 0.717) is 16.8 Å². The number of hydrogen-bond acceptors (Lipinski definition) is 6. The highest BCUT2D eigenvalue weighted by Crippen LogP contribution is 2.26. The van der Waals surface area contributed by atoms with Gasteiger partial charge in [0.1, 0.15) is 11.9 Å². The van der Waals surface area contributed by atoms with Crippen molar-refractivity contribution in [3.8, 4) is 10.9 Å². The zero-order chi connectivity index (χ0) is 13.0. The monoisotopic (exact) mass is 266 g/mol. The van der Waals surface area contributed by atoms with Crippen LogP contribution in [0.5, 0.6) is 10.9 Å². The van der Waals surface area contributed by atoms with E-state index in [4.69, 9.17) is 14.6 Å². The van der Waals surface area contributed by atoms with Crippen molar-refractivity contribution in [3.63, 3.8) is 0 Å². The van der Waals surface area contributed by atoms with Crippen LogP contribution in [0.4, 0.5) is 0 Å².